The van der Waals surface area contributed by atoms with Gasteiger partial charge in [-0.15, -0.1) is 0 Å². The van der Waals surface area contributed by atoms with Gasteiger partial charge in [0.2, 0.25) is 0 Å². The van der Waals surface area contributed by atoms with Crippen LogP contribution in [-0.4, -0.2) is 31.1 Å². The maximum Gasteiger partial charge on any atom is 0.276 e. The maximum absolute atomic E-state index is 11.6. The van der Waals surface area contributed by atoms with Gasteiger partial charge >= 0.3 is 0 Å². The average Bonchev–Trinajstić information content (AvgIpc) is 3.25. The standard InChI is InChI=1S/C37H42N4O6/c1-36(2,31-23-29(46-6)15-17-33(31)38-5)19-13-11-9-8-10-12-14-35-37(3,4)32-24-30(47-7)16-18-34(32)39(35)25-26-20-27(40(42)43)22-28(21-26)41(44)45/h8-18,20-24,38H,19,25H2,1-7H3/b9-8+,12-10+,13-11+,35-14+. The number of methoxy groups -OCH3 is 2. The zero-order valence-electron chi connectivity index (χ0n) is 27.9. The number of hydrogen-bond donors (Lipinski definition) is 1. The van der Waals surface area contributed by atoms with Gasteiger partial charge in [0.15, 0.2) is 0 Å². The van der Waals surface area contributed by atoms with Crippen LogP contribution < -0.4 is 19.7 Å². The lowest BCUT2D eigenvalue weighted by atomic mass is 9.80. The molecule has 0 spiro atoms. The average molecular weight is 639 g/mol. The van der Waals surface area contributed by atoms with E-state index in [1.807, 2.05) is 78.7 Å². The third-order valence-electron chi connectivity index (χ3n) is 8.51. The van der Waals surface area contributed by atoms with E-state index in [4.69, 9.17) is 9.47 Å². The third kappa shape index (κ3) is 7.71. The van der Waals surface area contributed by atoms with Gasteiger partial charge in [-0.3, -0.25) is 20.2 Å². The van der Waals surface area contributed by atoms with Gasteiger partial charge in [-0.1, -0.05) is 64.2 Å². The minimum Gasteiger partial charge on any atom is -0.497 e. The lowest BCUT2D eigenvalue weighted by Crippen LogP contribution is -2.25. The smallest absolute Gasteiger partial charge is 0.276 e. The molecule has 0 saturated heterocycles. The van der Waals surface area contributed by atoms with Gasteiger partial charge in [-0.05, 0) is 71.0 Å². The number of allylic oxidation sites excluding steroid dienone is 8. The van der Waals surface area contributed by atoms with E-state index in [0.29, 0.717) is 11.3 Å². The number of nitrogens with one attached hydrogen (secondary N) is 1. The molecule has 0 fully saturated rings. The number of rotatable bonds is 13. The molecule has 0 unspecified atom stereocenters. The third-order valence-corrected chi connectivity index (χ3v) is 8.51. The zero-order chi connectivity index (χ0) is 34.4. The van der Waals surface area contributed by atoms with Gasteiger partial charge in [0, 0.05) is 48.2 Å². The molecule has 0 amide bonds. The van der Waals surface area contributed by atoms with Crippen molar-refractivity contribution in [2.24, 2.45) is 0 Å². The zero-order valence-corrected chi connectivity index (χ0v) is 27.9. The minimum atomic E-state index is -0.608. The van der Waals surface area contributed by atoms with Crippen LogP contribution in [0.5, 0.6) is 11.5 Å². The van der Waals surface area contributed by atoms with Crippen molar-refractivity contribution in [3.05, 3.63) is 140 Å². The molecule has 0 bridgehead atoms. The molecule has 10 nitrogen and oxygen atoms in total. The fourth-order valence-corrected chi connectivity index (χ4v) is 5.91. The highest BCUT2D eigenvalue weighted by Gasteiger charge is 2.40. The fraction of sp³-hybridized carbons (Fsp3) is 0.297. The molecule has 0 atom stereocenters. The molecule has 1 aliphatic heterocycles. The van der Waals surface area contributed by atoms with E-state index in [9.17, 15) is 20.2 Å². The molecule has 3 aromatic rings. The molecule has 0 aromatic heterocycles. The van der Waals surface area contributed by atoms with E-state index in [1.165, 1.54) is 17.7 Å². The Balaban J connectivity index is 1.57. The second-order valence-electron chi connectivity index (χ2n) is 12.5. The van der Waals surface area contributed by atoms with Gasteiger partial charge in [-0.2, -0.15) is 0 Å². The molecule has 10 heteroatoms. The number of anilines is 2. The van der Waals surface area contributed by atoms with E-state index in [1.54, 1.807) is 14.2 Å². The first-order valence-electron chi connectivity index (χ1n) is 15.3. The summed E-state index contributed by atoms with van der Waals surface area (Å²) in [5.41, 5.74) is 4.39. The van der Waals surface area contributed by atoms with Gasteiger partial charge in [0.1, 0.15) is 11.5 Å². The van der Waals surface area contributed by atoms with Crippen LogP contribution in [0.2, 0.25) is 0 Å². The summed E-state index contributed by atoms with van der Waals surface area (Å²) in [5.74, 6) is 1.54. The van der Waals surface area contributed by atoms with Crippen LogP contribution in [0.1, 0.15) is 50.8 Å². The fourth-order valence-electron chi connectivity index (χ4n) is 5.91. The molecule has 4 rings (SSSR count). The molecule has 47 heavy (non-hydrogen) atoms. The Labute approximate surface area is 276 Å². The van der Waals surface area contributed by atoms with Crippen molar-refractivity contribution in [2.45, 2.75) is 51.5 Å². The summed E-state index contributed by atoms with van der Waals surface area (Å²) in [4.78, 5) is 23.9. The number of hydrogen-bond acceptors (Lipinski definition) is 8. The van der Waals surface area contributed by atoms with E-state index in [0.717, 1.165) is 40.9 Å². The maximum atomic E-state index is 11.6. The molecule has 0 saturated carbocycles. The summed E-state index contributed by atoms with van der Waals surface area (Å²) in [5, 5.41) is 26.4. The second-order valence-corrected chi connectivity index (χ2v) is 12.5. The Kier molecular flexibility index (Phi) is 10.5. The normalized spacial score (nSPS) is 15.1. The Hall–Kier alpha value is -5.38. The van der Waals surface area contributed by atoms with E-state index in [2.05, 4.69) is 45.2 Å². The van der Waals surface area contributed by atoms with Crippen LogP contribution in [0.25, 0.3) is 0 Å². The van der Waals surface area contributed by atoms with Crippen molar-refractivity contribution in [3.63, 3.8) is 0 Å². The Bertz CT molecular complexity index is 1740. The number of non-ortho nitro benzene ring substituents is 2. The first kappa shape index (κ1) is 34.5. The number of benzene rings is 3. The summed E-state index contributed by atoms with van der Waals surface area (Å²) >= 11 is 0. The highest BCUT2D eigenvalue weighted by atomic mass is 16.6. The van der Waals surface area contributed by atoms with Crippen LogP contribution in [0.15, 0.2) is 103 Å². The van der Waals surface area contributed by atoms with Crippen molar-refractivity contribution < 1.29 is 19.3 Å². The summed E-state index contributed by atoms with van der Waals surface area (Å²) < 4.78 is 10.9. The number of nitro benzene ring substituents is 2. The van der Waals surface area contributed by atoms with Crippen molar-refractivity contribution in [2.75, 3.05) is 31.5 Å². The Morgan fingerprint density at radius 2 is 1.45 bits per heavy atom. The van der Waals surface area contributed by atoms with Crippen LogP contribution in [0.4, 0.5) is 22.7 Å². The topological polar surface area (TPSA) is 120 Å². The SMILES string of the molecule is CNc1ccc(OC)cc1C(C)(C)C/C=C/C=C/C=C/C=C1/N(Cc2cc([N+](=O)[O-])cc([N+](=O)[O-])c2)c2ccc(OC)cc2C1(C)C. The summed E-state index contributed by atoms with van der Waals surface area (Å²) in [7, 11) is 5.21. The van der Waals surface area contributed by atoms with Crippen molar-refractivity contribution in [1.29, 1.82) is 0 Å². The van der Waals surface area contributed by atoms with Gasteiger partial charge in [0.25, 0.3) is 11.4 Å². The lowest BCUT2D eigenvalue weighted by molar-refractivity contribution is -0.394. The molecule has 1 N–H and O–H groups in total. The largest absolute Gasteiger partial charge is 0.497 e. The Morgan fingerprint density at radius 3 is 2.06 bits per heavy atom. The van der Waals surface area contributed by atoms with Gasteiger partial charge in [0.05, 0.1) is 30.1 Å². The van der Waals surface area contributed by atoms with Gasteiger partial charge in [-0.25, -0.2) is 0 Å². The van der Waals surface area contributed by atoms with Crippen LogP contribution in [0, 0.1) is 20.2 Å². The van der Waals surface area contributed by atoms with Crippen molar-refractivity contribution >= 4 is 22.7 Å². The van der Waals surface area contributed by atoms with Crippen LogP contribution >= 0.6 is 0 Å². The number of ether oxygens (including phenoxy) is 2. The molecule has 3 aromatic carbocycles. The summed E-state index contributed by atoms with van der Waals surface area (Å²) in [6.07, 6.45) is 14.8. The molecule has 0 aliphatic carbocycles. The number of nitro groups is 2. The van der Waals surface area contributed by atoms with E-state index >= 15 is 0 Å². The van der Waals surface area contributed by atoms with Crippen LogP contribution in [0.3, 0.4) is 0 Å². The predicted molar refractivity (Wildman–Crippen MR) is 188 cm³/mol. The highest BCUT2D eigenvalue weighted by Crippen LogP contribution is 2.49. The quantitative estimate of drug-likeness (QED) is 0.112. The monoisotopic (exact) mass is 638 g/mol. The highest BCUT2D eigenvalue weighted by molar-refractivity contribution is 5.72. The van der Waals surface area contributed by atoms with E-state index < -0.39 is 15.3 Å². The molecule has 1 aliphatic rings. The second kappa shape index (κ2) is 14.4. The van der Waals surface area contributed by atoms with E-state index in [-0.39, 0.29) is 23.3 Å². The Morgan fingerprint density at radius 1 is 0.851 bits per heavy atom. The predicted octanol–water partition coefficient (Wildman–Crippen LogP) is 8.78. The first-order valence-corrected chi connectivity index (χ1v) is 15.3. The summed E-state index contributed by atoms with van der Waals surface area (Å²) in [6, 6.07) is 15.6. The van der Waals surface area contributed by atoms with Gasteiger partial charge < -0.3 is 19.7 Å². The molecule has 0 radical (unpaired) electrons. The minimum absolute atomic E-state index is 0.119. The molecule has 246 valence electrons. The van der Waals surface area contributed by atoms with Crippen LogP contribution in [-0.2, 0) is 17.4 Å². The molecular formula is C37H42N4O6. The number of fused-ring (bicyclic) bond motifs is 1. The molecule has 1 heterocycles. The number of nitrogens with zero attached hydrogens (tertiary/aromatic N) is 3. The first-order chi connectivity index (χ1) is 22.3. The van der Waals surface area contributed by atoms with Crippen molar-refractivity contribution in [1.82, 2.24) is 0 Å². The molecular weight excluding hydrogens is 596 g/mol. The lowest BCUT2D eigenvalue weighted by Gasteiger charge is -2.27. The summed E-state index contributed by atoms with van der Waals surface area (Å²) in [6.45, 7) is 8.82. The van der Waals surface area contributed by atoms with Crippen molar-refractivity contribution in [3.8, 4) is 11.5 Å².